The van der Waals surface area contributed by atoms with Gasteiger partial charge in [0.1, 0.15) is 6.54 Å². The van der Waals surface area contributed by atoms with Crippen molar-refractivity contribution in [2.45, 2.75) is 31.4 Å². The molecule has 0 aromatic heterocycles. The molecule has 0 bridgehead atoms. The number of hydrogen-bond donors (Lipinski definition) is 2. The highest BCUT2D eigenvalue weighted by molar-refractivity contribution is 14.0. The van der Waals surface area contributed by atoms with Crippen LogP contribution < -0.4 is 15.5 Å². The molecule has 2 N–H and O–H groups in total. The van der Waals surface area contributed by atoms with Gasteiger partial charge in [0, 0.05) is 57.1 Å². The van der Waals surface area contributed by atoms with E-state index in [1.807, 2.05) is 18.2 Å². The summed E-state index contributed by atoms with van der Waals surface area (Å²) < 4.78 is 5.68. The number of benzene rings is 1. The summed E-state index contributed by atoms with van der Waals surface area (Å²) in [7, 11) is 3.48. The number of amides is 1. The lowest BCUT2D eigenvalue weighted by atomic mass is 10.2. The van der Waals surface area contributed by atoms with Gasteiger partial charge < -0.3 is 25.2 Å². The Hall–Kier alpha value is -1.26. The van der Waals surface area contributed by atoms with Crippen molar-refractivity contribution < 1.29 is 9.53 Å². The second-order valence-electron chi connectivity index (χ2n) is 7.52. The van der Waals surface area contributed by atoms with E-state index < -0.39 is 0 Å². The van der Waals surface area contributed by atoms with Gasteiger partial charge in [0.25, 0.3) is 0 Å². The van der Waals surface area contributed by atoms with Gasteiger partial charge in [0.05, 0.1) is 6.10 Å². The molecule has 0 saturated carbocycles. The van der Waals surface area contributed by atoms with Crippen molar-refractivity contribution in [1.82, 2.24) is 15.5 Å². The van der Waals surface area contributed by atoms with Gasteiger partial charge >= 0.3 is 0 Å². The van der Waals surface area contributed by atoms with Gasteiger partial charge in [-0.15, -0.1) is 24.0 Å². The molecule has 2 heterocycles. The third-order valence-corrected chi connectivity index (χ3v) is 5.33. The standard InChI is InChI=1S/C20H30ClN5O2.HI/c1-25(2)19(27)13-23-20(22-12-18-7-4-10-28-18)24-16-8-9-26(14-16)17-6-3-5-15(21)11-17;/h3,5-6,11,16,18H,4,7-10,12-14H2,1-2H3,(H2,22,23,24);1H. The molecule has 2 atom stereocenters. The summed E-state index contributed by atoms with van der Waals surface area (Å²) in [6, 6.07) is 8.18. The Labute approximate surface area is 195 Å². The molecule has 29 heavy (non-hydrogen) atoms. The van der Waals surface area contributed by atoms with E-state index >= 15 is 0 Å². The molecule has 2 saturated heterocycles. The molecule has 2 aliphatic heterocycles. The summed E-state index contributed by atoms with van der Waals surface area (Å²) in [5.74, 6) is 0.647. The maximum atomic E-state index is 11.9. The Kier molecular flexibility index (Phi) is 9.78. The average molecular weight is 536 g/mol. The maximum absolute atomic E-state index is 11.9. The van der Waals surface area contributed by atoms with Gasteiger partial charge in [0.15, 0.2) is 5.96 Å². The molecular weight excluding hydrogens is 505 g/mol. The van der Waals surface area contributed by atoms with E-state index in [4.69, 9.17) is 16.3 Å². The highest BCUT2D eigenvalue weighted by atomic mass is 127. The zero-order valence-electron chi connectivity index (χ0n) is 17.1. The molecular formula is C20H31ClIN5O2. The SMILES string of the molecule is CN(C)C(=O)CN=C(NCC1CCCO1)NC1CCN(c2cccc(Cl)c2)C1.I. The molecule has 1 aromatic carbocycles. The van der Waals surface area contributed by atoms with Gasteiger partial charge in [-0.25, -0.2) is 4.99 Å². The first-order chi connectivity index (χ1) is 13.5. The van der Waals surface area contributed by atoms with Crippen LogP contribution >= 0.6 is 35.6 Å². The number of likely N-dealkylation sites (N-methyl/N-ethyl adjacent to an activating group) is 1. The van der Waals surface area contributed by atoms with Crippen molar-refractivity contribution in [2.75, 3.05) is 51.8 Å². The number of hydrogen-bond acceptors (Lipinski definition) is 4. The van der Waals surface area contributed by atoms with Crippen molar-refractivity contribution in [1.29, 1.82) is 0 Å². The first-order valence-electron chi connectivity index (χ1n) is 9.88. The molecule has 3 rings (SSSR count). The number of carbonyl (C=O) groups excluding carboxylic acids is 1. The number of guanidine groups is 1. The van der Waals surface area contributed by atoms with Gasteiger partial charge in [-0.3, -0.25) is 4.79 Å². The Morgan fingerprint density at radius 2 is 2.21 bits per heavy atom. The number of nitrogens with zero attached hydrogens (tertiary/aromatic N) is 3. The zero-order valence-corrected chi connectivity index (χ0v) is 20.2. The quantitative estimate of drug-likeness (QED) is 0.333. The minimum absolute atomic E-state index is 0. The third-order valence-electron chi connectivity index (χ3n) is 5.09. The van der Waals surface area contributed by atoms with Crippen LogP contribution in [0.25, 0.3) is 0 Å². The summed E-state index contributed by atoms with van der Waals surface area (Å²) in [4.78, 5) is 20.3. The minimum atomic E-state index is -0.0230. The lowest BCUT2D eigenvalue weighted by Crippen LogP contribution is -2.47. The molecule has 2 unspecified atom stereocenters. The normalized spacial score (nSPS) is 21.6. The predicted molar refractivity (Wildman–Crippen MR) is 129 cm³/mol. The topological polar surface area (TPSA) is 69.2 Å². The third kappa shape index (κ3) is 7.49. The fourth-order valence-corrected chi connectivity index (χ4v) is 3.62. The molecule has 0 radical (unpaired) electrons. The summed E-state index contributed by atoms with van der Waals surface area (Å²) >= 11 is 6.12. The van der Waals surface area contributed by atoms with E-state index in [-0.39, 0.29) is 48.6 Å². The highest BCUT2D eigenvalue weighted by Gasteiger charge is 2.24. The smallest absolute Gasteiger partial charge is 0.243 e. The monoisotopic (exact) mass is 535 g/mol. The van der Waals surface area contributed by atoms with Crippen LogP contribution in [-0.4, -0.2) is 75.8 Å². The van der Waals surface area contributed by atoms with Crippen molar-refractivity contribution in [3.63, 3.8) is 0 Å². The number of aliphatic imine (C=N–C) groups is 1. The van der Waals surface area contributed by atoms with E-state index in [0.717, 1.165) is 49.7 Å². The van der Waals surface area contributed by atoms with Crippen molar-refractivity contribution >= 4 is 53.1 Å². The highest BCUT2D eigenvalue weighted by Crippen LogP contribution is 2.23. The van der Waals surface area contributed by atoms with Crippen molar-refractivity contribution in [2.24, 2.45) is 4.99 Å². The van der Waals surface area contributed by atoms with Crippen LogP contribution in [0.4, 0.5) is 5.69 Å². The second kappa shape index (κ2) is 11.8. The largest absolute Gasteiger partial charge is 0.376 e. The van der Waals surface area contributed by atoms with Crippen molar-refractivity contribution in [3.05, 3.63) is 29.3 Å². The van der Waals surface area contributed by atoms with Crippen LogP contribution in [0, 0.1) is 0 Å². The zero-order chi connectivity index (χ0) is 19.9. The second-order valence-corrected chi connectivity index (χ2v) is 7.96. The lowest BCUT2D eigenvalue weighted by Gasteiger charge is -2.21. The number of halogens is 2. The number of rotatable bonds is 6. The fraction of sp³-hybridized carbons (Fsp3) is 0.600. The maximum Gasteiger partial charge on any atom is 0.243 e. The molecule has 0 aliphatic carbocycles. The van der Waals surface area contributed by atoms with Crippen LogP contribution in [0.2, 0.25) is 5.02 Å². The first kappa shape index (κ1) is 24.0. The number of nitrogens with one attached hydrogen (secondary N) is 2. The van der Waals surface area contributed by atoms with Gasteiger partial charge in [-0.1, -0.05) is 17.7 Å². The number of carbonyl (C=O) groups is 1. The van der Waals surface area contributed by atoms with Gasteiger partial charge in [-0.05, 0) is 37.5 Å². The molecule has 7 nitrogen and oxygen atoms in total. The van der Waals surface area contributed by atoms with Crippen LogP contribution in [0.1, 0.15) is 19.3 Å². The Bertz CT molecular complexity index is 697. The van der Waals surface area contributed by atoms with E-state index in [1.54, 1.807) is 19.0 Å². The van der Waals surface area contributed by atoms with Crippen LogP contribution in [0.3, 0.4) is 0 Å². The number of ether oxygens (including phenoxy) is 1. The summed E-state index contributed by atoms with van der Waals surface area (Å²) in [6.45, 7) is 3.46. The van der Waals surface area contributed by atoms with Gasteiger partial charge in [0.2, 0.25) is 5.91 Å². The Morgan fingerprint density at radius 3 is 2.90 bits per heavy atom. The Balaban J connectivity index is 0.00000300. The lowest BCUT2D eigenvalue weighted by molar-refractivity contribution is -0.127. The minimum Gasteiger partial charge on any atom is -0.376 e. The van der Waals surface area contributed by atoms with E-state index in [0.29, 0.717) is 12.5 Å². The van der Waals surface area contributed by atoms with E-state index in [9.17, 15) is 4.79 Å². The summed E-state index contributed by atoms with van der Waals surface area (Å²) in [5.41, 5.74) is 1.13. The van der Waals surface area contributed by atoms with Crippen LogP contribution in [0.15, 0.2) is 29.3 Å². The molecule has 0 spiro atoms. The van der Waals surface area contributed by atoms with Crippen LogP contribution in [-0.2, 0) is 9.53 Å². The molecule has 2 fully saturated rings. The molecule has 2 aliphatic rings. The summed E-state index contributed by atoms with van der Waals surface area (Å²) in [5, 5.41) is 7.58. The van der Waals surface area contributed by atoms with Crippen LogP contribution in [0.5, 0.6) is 0 Å². The molecule has 9 heteroatoms. The first-order valence-corrected chi connectivity index (χ1v) is 10.3. The fourth-order valence-electron chi connectivity index (χ4n) is 3.44. The number of anilines is 1. The molecule has 1 amide bonds. The predicted octanol–water partition coefficient (Wildman–Crippen LogP) is 2.34. The average Bonchev–Trinajstić information content (AvgIpc) is 3.35. The van der Waals surface area contributed by atoms with Gasteiger partial charge in [-0.2, -0.15) is 0 Å². The van der Waals surface area contributed by atoms with E-state index in [1.165, 1.54) is 0 Å². The molecule has 1 aromatic rings. The van der Waals surface area contributed by atoms with E-state index in [2.05, 4.69) is 26.6 Å². The Morgan fingerprint density at radius 1 is 1.38 bits per heavy atom. The molecule has 162 valence electrons. The van der Waals surface area contributed by atoms with Crippen molar-refractivity contribution in [3.8, 4) is 0 Å². The summed E-state index contributed by atoms with van der Waals surface area (Å²) in [6.07, 6.45) is 3.36.